The summed E-state index contributed by atoms with van der Waals surface area (Å²) in [4.78, 5) is 0.137. The Hall–Kier alpha value is -1.15. The Morgan fingerprint density at radius 3 is 1.06 bits per heavy atom. The summed E-state index contributed by atoms with van der Waals surface area (Å²) in [5.74, 6) is 0. The maximum Gasteiger partial charge on any atom is 0.297 e. The van der Waals surface area contributed by atoms with Crippen LogP contribution in [0.5, 0.6) is 0 Å². The summed E-state index contributed by atoms with van der Waals surface area (Å²) in [5, 5.41) is 0. The Morgan fingerprint density at radius 2 is 0.702 bits per heavy atom. The molecular formula is C36H66O10S. The smallest absolute Gasteiger partial charge is 0.297 e. The highest BCUT2D eigenvalue weighted by atomic mass is 32.2. The molecule has 0 spiro atoms. The van der Waals surface area contributed by atoms with Crippen LogP contribution in [0.2, 0.25) is 0 Å². The summed E-state index contributed by atoms with van der Waals surface area (Å²) in [6, 6.07) is 6.51. The Kier molecular flexibility index (Phi) is 31.1. The fourth-order valence-corrected chi connectivity index (χ4v) is 5.51. The van der Waals surface area contributed by atoms with Gasteiger partial charge in [-0.15, -0.1) is 0 Å². The summed E-state index contributed by atoms with van der Waals surface area (Å²) in [6.07, 6.45) is 17.7. The Morgan fingerprint density at radius 1 is 0.404 bits per heavy atom. The van der Waals surface area contributed by atoms with Gasteiger partial charge >= 0.3 is 0 Å². The third kappa shape index (κ3) is 29.5. The average molecular weight is 691 g/mol. The van der Waals surface area contributed by atoms with Gasteiger partial charge in [-0.05, 0) is 25.5 Å². The van der Waals surface area contributed by atoms with Crippen LogP contribution in [-0.2, 0) is 47.5 Å². The van der Waals surface area contributed by atoms with E-state index in [0.717, 1.165) is 18.6 Å². The SMILES string of the molecule is CCCCCCCCCCCCCCCOCCOCCOCCOCCOCCOCCOCCOS(=O)(=O)c1ccc(C)cc1. The van der Waals surface area contributed by atoms with Crippen molar-refractivity contribution in [3.05, 3.63) is 29.8 Å². The highest BCUT2D eigenvalue weighted by molar-refractivity contribution is 7.86. The van der Waals surface area contributed by atoms with E-state index in [1.807, 2.05) is 6.92 Å². The van der Waals surface area contributed by atoms with Gasteiger partial charge in [0.05, 0.1) is 97.4 Å². The second-order valence-corrected chi connectivity index (χ2v) is 13.2. The highest BCUT2D eigenvalue weighted by Crippen LogP contribution is 2.14. The van der Waals surface area contributed by atoms with Gasteiger partial charge in [-0.1, -0.05) is 102 Å². The van der Waals surface area contributed by atoms with Crippen molar-refractivity contribution in [2.75, 3.05) is 99.1 Å². The Labute approximate surface area is 286 Å². The van der Waals surface area contributed by atoms with Crippen LogP contribution in [0.3, 0.4) is 0 Å². The third-order valence-corrected chi connectivity index (χ3v) is 8.73. The van der Waals surface area contributed by atoms with E-state index in [9.17, 15) is 8.42 Å². The molecular weight excluding hydrogens is 624 g/mol. The zero-order valence-electron chi connectivity index (χ0n) is 29.6. The molecule has 11 heteroatoms. The maximum absolute atomic E-state index is 12.1. The topological polar surface area (TPSA) is 108 Å². The van der Waals surface area contributed by atoms with Crippen molar-refractivity contribution in [2.24, 2.45) is 0 Å². The lowest BCUT2D eigenvalue weighted by Crippen LogP contribution is -2.15. The Balaban J connectivity index is 1.67. The average Bonchev–Trinajstić information content (AvgIpc) is 3.06. The number of rotatable bonds is 37. The van der Waals surface area contributed by atoms with Crippen molar-refractivity contribution < 1.29 is 45.8 Å². The van der Waals surface area contributed by atoms with Crippen LogP contribution in [-0.4, -0.2) is 108 Å². The number of benzene rings is 1. The number of hydrogen-bond acceptors (Lipinski definition) is 10. The van der Waals surface area contributed by atoms with Crippen molar-refractivity contribution >= 4 is 10.1 Å². The van der Waals surface area contributed by atoms with Gasteiger partial charge in [-0.2, -0.15) is 8.42 Å². The van der Waals surface area contributed by atoms with Crippen molar-refractivity contribution in [2.45, 2.75) is 102 Å². The summed E-state index contributed by atoms with van der Waals surface area (Å²) in [5.41, 5.74) is 0.982. The van der Waals surface area contributed by atoms with E-state index < -0.39 is 10.1 Å². The van der Waals surface area contributed by atoms with Crippen LogP contribution in [0.1, 0.15) is 96.0 Å². The predicted octanol–water partition coefficient (Wildman–Crippen LogP) is 6.91. The van der Waals surface area contributed by atoms with Crippen LogP contribution in [0, 0.1) is 6.92 Å². The molecule has 0 aliphatic rings. The van der Waals surface area contributed by atoms with Crippen molar-refractivity contribution in [3.8, 4) is 0 Å². The van der Waals surface area contributed by atoms with E-state index in [4.69, 9.17) is 37.3 Å². The van der Waals surface area contributed by atoms with E-state index >= 15 is 0 Å². The first-order valence-electron chi connectivity index (χ1n) is 18.1. The fraction of sp³-hybridized carbons (Fsp3) is 0.833. The van der Waals surface area contributed by atoms with Gasteiger partial charge in [0.1, 0.15) is 0 Å². The van der Waals surface area contributed by atoms with Gasteiger partial charge in [0, 0.05) is 6.61 Å². The second kappa shape index (κ2) is 33.4. The third-order valence-electron chi connectivity index (χ3n) is 7.40. The molecule has 10 nitrogen and oxygen atoms in total. The number of unbranched alkanes of at least 4 members (excludes halogenated alkanes) is 12. The van der Waals surface area contributed by atoms with E-state index in [-0.39, 0.29) is 18.1 Å². The molecule has 0 saturated carbocycles. The van der Waals surface area contributed by atoms with Gasteiger partial charge in [0.2, 0.25) is 0 Å². The summed E-state index contributed by atoms with van der Waals surface area (Å²) >= 11 is 0. The number of aryl methyl sites for hydroxylation is 1. The second-order valence-electron chi connectivity index (χ2n) is 11.6. The van der Waals surface area contributed by atoms with Gasteiger partial charge in [0.25, 0.3) is 10.1 Å². The lowest BCUT2D eigenvalue weighted by Gasteiger charge is -2.09. The van der Waals surface area contributed by atoms with Crippen molar-refractivity contribution in [1.29, 1.82) is 0 Å². The maximum atomic E-state index is 12.1. The zero-order valence-corrected chi connectivity index (χ0v) is 30.4. The van der Waals surface area contributed by atoms with Crippen LogP contribution in [0.15, 0.2) is 29.2 Å². The fourth-order valence-electron chi connectivity index (χ4n) is 4.62. The van der Waals surface area contributed by atoms with E-state index in [2.05, 4.69) is 6.92 Å². The summed E-state index contributed by atoms with van der Waals surface area (Å²) in [7, 11) is -3.76. The molecule has 1 aromatic carbocycles. The molecule has 1 aromatic rings. The Bertz CT molecular complexity index is 882. The van der Waals surface area contributed by atoms with Crippen LogP contribution in [0.25, 0.3) is 0 Å². The van der Waals surface area contributed by atoms with E-state index in [0.29, 0.717) is 79.3 Å². The largest absolute Gasteiger partial charge is 0.379 e. The van der Waals surface area contributed by atoms with Gasteiger partial charge in [-0.3, -0.25) is 4.18 Å². The summed E-state index contributed by atoms with van der Waals surface area (Å²) in [6.45, 7) is 11.1. The predicted molar refractivity (Wildman–Crippen MR) is 186 cm³/mol. The molecule has 0 atom stereocenters. The monoisotopic (exact) mass is 690 g/mol. The minimum atomic E-state index is -3.76. The molecule has 0 N–H and O–H groups in total. The van der Waals surface area contributed by atoms with Crippen molar-refractivity contribution in [3.63, 3.8) is 0 Å². The first-order valence-corrected chi connectivity index (χ1v) is 19.5. The van der Waals surface area contributed by atoms with E-state index in [1.54, 1.807) is 12.1 Å². The van der Waals surface area contributed by atoms with Gasteiger partial charge < -0.3 is 33.2 Å². The molecule has 0 bridgehead atoms. The molecule has 0 aliphatic heterocycles. The molecule has 0 amide bonds. The van der Waals surface area contributed by atoms with Gasteiger partial charge in [-0.25, -0.2) is 0 Å². The minimum Gasteiger partial charge on any atom is -0.379 e. The van der Waals surface area contributed by atoms with Crippen LogP contribution in [0.4, 0.5) is 0 Å². The lowest BCUT2D eigenvalue weighted by atomic mass is 10.0. The standard InChI is InChI=1S/C36H66O10S/c1-3-4-5-6-7-8-9-10-11-12-13-14-15-20-39-21-22-40-23-24-41-25-26-42-27-28-43-29-30-44-31-32-45-33-34-46-47(37,38)36-18-16-35(2)17-19-36/h16-19H,3-15,20-34H2,1-2H3. The molecule has 0 unspecified atom stereocenters. The first kappa shape index (κ1) is 43.9. The summed E-state index contributed by atoms with van der Waals surface area (Å²) < 4.78 is 67.6. The molecule has 1 rings (SSSR count). The molecule has 0 aromatic heterocycles. The number of ether oxygens (including phenoxy) is 7. The lowest BCUT2D eigenvalue weighted by molar-refractivity contribution is -0.0212. The minimum absolute atomic E-state index is 0.0484. The van der Waals surface area contributed by atoms with E-state index in [1.165, 1.54) is 89.2 Å². The highest BCUT2D eigenvalue weighted by Gasteiger charge is 2.14. The van der Waals surface area contributed by atoms with Crippen LogP contribution < -0.4 is 0 Å². The molecule has 0 heterocycles. The molecule has 0 saturated heterocycles. The molecule has 47 heavy (non-hydrogen) atoms. The van der Waals surface area contributed by atoms with Gasteiger partial charge in [0.15, 0.2) is 0 Å². The molecule has 0 aliphatic carbocycles. The molecule has 0 radical (unpaired) electrons. The molecule has 0 fully saturated rings. The van der Waals surface area contributed by atoms with Crippen molar-refractivity contribution in [1.82, 2.24) is 0 Å². The van der Waals surface area contributed by atoms with Crippen LogP contribution >= 0.6 is 0 Å². The quantitative estimate of drug-likeness (QED) is 0.0540. The first-order chi connectivity index (χ1) is 23.1. The zero-order chi connectivity index (χ0) is 33.9. The molecule has 276 valence electrons. The normalized spacial score (nSPS) is 11.9. The number of hydrogen-bond donors (Lipinski definition) is 0.